The number of hydrazone groups is 1. The van der Waals surface area contributed by atoms with Crippen LogP contribution in [0.25, 0.3) is 0 Å². The Bertz CT molecular complexity index is 922. The smallest absolute Gasteiger partial charge is 0.250 e. The van der Waals surface area contributed by atoms with Gasteiger partial charge >= 0.3 is 0 Å². The van der Waals surface area contributed by atoms with Crippen LogP contribution >= 0.6 is 35.1 Å². The van der Waals surface area contributed by atoms with Crippen LogP contribution in [-0.4, -0.2) is 17.9 Å². The zero-order valence-electron chi connectivity index (χ0n) is 14.5. The van der Waals surface area contributed by atoms with Gasteiger partial charge in [0.05, 0.1) is 12.0 Å². The number of halogens is 1. The van der Waals surface area contributed by atoms with Crippen LogP contribution < -0.4 is 5.43 Å². The van der Waals surface area contributed by atoms with Gasteiger partial charge in [-0.25, -0.2) is 5.43 Å². The number of nitrogens with zero attached hydrogens (tertiary/aromatic N) is 1. The van der Waals surface area contributed by atoms with Crippen molar-refractivity contribution in [2.24, 2.45) is 5.10 Å². The number of hydrogen-bond donors (Lipinski definition) is 1. The molecule has 1 aromatic heterocycles. The number of benzene rings is 2. The van der Waals surface area contributed by atoms with Gasteiger partial charge in [0, 0.05) is 14.8 Å². The summed E-state index contributed by atoms with van der Waals surface area (Å²) in [4.78, 5) is 13.9. The van der Waals surface area contributed by atoms with Crippen LogP contribution in [0.15, 0.2) is 85.1 Å². The lowest BCUT2D eigenvalue weighted by Gasteiger charge is -2.00. The molecule has 0 saturated carbocycles. The Hall–Kier alpha value is -2.15. The van der Waals surface area contributed by atoms with Crippen molar-refractivity contribution in [1.29, 1.82) is 0 Å². The summed E-state index contributed by atoms with van der Waals surface area (Å²) in [6.45, 7) is 2.05. The quantitative estimate of drug-likeness (QED) is 0.308. The van der Waals surface area contributed by atoms with Gasteiger partial charge in [-0.1, -0.05) is 41.1 Å². The third-order valence-electron chi connectivity index (χ3n) is 3.41. The van der Waals surface area contributed by atoms with Crippen LogP contribution in [-0.2, 0) is 4.79 Å². The third kappa shape index (κ3) is 6.50. The van der Waals surface area contributed by atoms with Gasteiger partial charge < -0.3 is 4.42 Å². The lowest BCUT2D eigenvalue weighted by molar-refractivity contribution is -0.118. The van der Waals surface area contributed by atoms with Crippen molar-refractivity contribution in [1.82, 2.24) is 5.43 Å². The molecular formula is C20H17ClN2O2S2. The topological polar surface area (TPSA) is 54.6 Å². The van der Waals surface area contributed by atoms with Crippen LogP contribution in [0.1, 0.15) is 11.3 Å². The molecule has 0 atom stereocenters. The Morgan fingerprint density at radius 3 is 2.52 bits per heavy atom. The van der Waals surface area contributed by atoms with E-state index in [1.54, 1.807) is 12.1 Å². The lowest BCUT2D eigenvalue weighted by atomic mass is 10.2. The highest BCUT2D eigenvalue weighted by molar-refractivity contribution is 8.00. The highest BCUT2D eigenvalue weighted by Crippen LogP contribution is 2.29. The normalized spacial score (nSPS) is 11.0. The molecule has 2 aromatic carbocycles. The van der Waals surface area contributed by atoms with Crippen molar-refractivity contribution in [2.75, 3.05) is 5.75 Å². The molecule has 0 unspecified atom stereocenters. The van der Waals surface area contributed by atoms with Crippen LogP contribution in [0.5, 0.6) is 0 Å². The number of carbonyl (C=O) groups excluding carboxylic acids is 1. The third-order valence-corrected chi connectivity index (χ3v) is 5.60. The number of thioether (sulfide) groups is 1. The van der Waals surface area contributed by atoms with E-state index in [1.165, 1.54) is 35.3 Å². The molecule has 0 aliphatic carbocycles. The lowest BCUT2D eigenvalue weighted by Crippen LogP contribution is -2.19. The fourth-order valence-corrected chi connectivity index (χ4v) is 3.66. The van der Waals surface area contributed by atoms with Crippen LogP contribution in [0.2, 0.25) is 5.02 Å². The number of furan rings is 1. The Labute approximate surface area is 171 Å². The molecule has 138 valence electrons. The highest BCUT2D eigenvalue weighted by atomic mass is 35.5. The molecule has 4 nitrogen and oxygen atoms in total. The molecule has 0 saturated heterocycles. The highest BCUT2D eigenvalue weighted by Gasteiger charge is 2.04. The van der Waals surface area contributed by atoms with E-state index in [1.807, 2.05) is 24.3 Å². The van der Waals surface area contributed by atoms with Crippen molar-refractivity contribution in [3.63, 3.8) is 0 Å². The molecule has 1 amide bonds. The predicted octanol–water partition coefficient (Wildman–Crippen LogP) is 5.64. The standard InChI is InChI=1S/C20H17ClN2O2S2/c1-14-2-7-18(8-3-14)27-20-11-6-16(25-20)12-22-23-19(24)13-26-17-9-4-15(21)5-10-17/h2-12H,13H2,1H3,(H,23,24)/b22-12-. The first-order valence-electron chi connectivity index (χ1n) is 8.13. The summed E-state index contributed by atoms with van der Waals surface area (Å²) in [5.74, 6) is 0.660. The van der Waals surface area contributed by atoms with E-state index >= 15 is 0 Å². The second-order valence-electron chi connectivity index (χ2n) is 5.61. The number of aryl methyl sites for hydroxylation is 1. The molecule has 0 fully saturated rings. The molecule has 1 heterocycles. The number of nitrogens with one attached hydrogen (secondary N) is 1. The van der Waals surface area contributed by atoms with E-state index in [0.717, 1.165) is 14.9 Å². The Morgan fingerprint density at radius 1 is 1.07 bits per heavy atom. The average molecular weight is 417 g/mol. The van der Waals surface area contributed by atoms with E-state index < -0.39 is 0 Å². The SMILES string of the molecule is Cc1ccc(Sc2ccc(/C=N\NC(=O)CSc3ccc(Cl)cc3)o2)cc1. The van der Waals surface area contributed by atoms with Gasteiger partial charge in [0.2, 0.25) is 5.91 Å². The Morgan fingerprint density at radius 2 is 1.78 bits per heavy atom. The second-order valence-corrected chi connectivity index (χ2v) is 8.17. The first-order valence-corrected chi connectivity index (χ1v) is 10.3. The van der Waals surface area contributed by atoms with Crippen molar-refractivity contribution in [2.45, 2.75) is 21.8 Å². The van der Waals surface area contributed by atoms with E-state index in [9.17, 15) is 4.79 Å². The Balaban J connectivity index is 1.45. The average Bonchev–Trinajstić information content (AvgIpc) is 3.10. The molecule has 0 aliphatic heterocycles. The molecule has 0 radical (unpaired) electrons. The molecule has 1 N–H and O–H groups in total. The van der Waals surface area contributed by atoms with Crippen molar-refractivity contribution in [3.8, 4) is 0 Å². The summed E-state index contributed by atoms with van der Waals surface area (Å²) in [7, 11) is 0. The predicted molar refractivity (Wildman–Crippen MR) is 112 cm³/mol. The van der Waals surface area contributed by atoms with Crippen LogP contribution in [0.4, 0.5) is 0 Å². The molecule has 0 bridgehead atoms. The fourth-order valence-electron chi connectivity index (χ4n) is 2.06. The van der Waals surface area contributed by atoms with Crippen LogP contribution in [0.3, 0.4) is 0 Å². The monoisotopic (exact) mass is 416 g/mol. The summed E-state index contributed by atoms with van der Waals surface area (Å²) < 4.78 is 5.68. The summed E-state index contributed by atoms with van der Waals surface area (Å²) in [5.41, 5.74) is 3.71. The van der Waals surface area contributed by atoms with Gasteiger partial charge in [0.1, 0.15) is 5.76 Å². The molecular weight excluding hydrogens is 400 g/mol. The van der Waals surface area contributed by atoms with E-state index in [2.05, 4.69) is 41.7 Å². The minimum Gasteiger partial charge on any atom is -0.448 e. The maximum Gasteiger partial charge on any atom is 0.250 e. The number of rotatable bonds is 7. The zero-order valence-corrected chi connectivity index (χ0v) is 16.9. The summed E-state index contributed by atoms with van der Waals surface area (Å²) >= 11 is 8.79. The van der Waals surface area contributed by atoms with Gasteiger partial charge in [0.25, 0.3) is 0 Å². The minimum absolute atomic E-state index is 0.188. The largest absolute Gasteiger partial charge is 0.448 e. The Kier molecular flexibility index (Phi) is 7.04. The summed E-state index contributed by atoms with van der Waals surface area (Å²) in [6, 6.07) is 19.3. The maximum atomic E-state index is 11.8. The van der Waals surface area contributed by atoms with Gasteiger partial charge in [-0.2, -0.15) is 5.10 Å². The van der Waals surface area contributed by atoms with E-state index in [0.29, 0.717) is 10.8 Å². The zero-order chi connectivity index (χ0) is 19.1. The van der Waals surface area contributed by atoms with E-state index in [4.69, 9.17) is 16.0 Å². The maximum absolute atomic E-state index is 11.8. The van der Waals surface area contributed by atoms with Gasteiger partial charge in [0.15, 0.2) is 5.09 Å². The van der Waals surface area contributed by atoms with Gasteiger partial charge in [-0.05, 0) is 55.5 Å². The van der Waals surface area contributed by atoms with Crippen LogP contribution in [0, 0.1) is 6.92 Å². The molecule has 27 heavy (non-hydrogen) atoms. The minimum atomic E-state index is -0.188. The first-order chi connectivity index (χ1) is 13.1. The number of carbonyl (C=O) groups is 1. The molecule has 7 heteroatoms. The van der Waals surface area contributed by atoms with Gasteiger partial charge in [-0.3, -0.25) is 4.79 Å². The molecule has 3 aromatic rings. The van der Waals surface area contributed by atoms with Crippen molar-refractivity contribution >= 4 is 47.2 Å². The molecule has 0 spiro atoms. The second kappa shape index (κ2) is 9.69. The van der Waals surface area contributed by atoms with E-state index in [-0.39, 0.29) is 11.7 Å². The van der Waals surface area contributed by atoms with Crippen molar-refractivity contribution < 1.29 is 9.21 Å². The molecule has 0 aliphatic rings. The first kappa shape index (κ1) is 19.6. The number of hydrogen-bond acceptors (Lipinski definition) is 5. The van der Waals surface area contributed by atoms with Crippen molar-refractivity contribution in [3.05, 3.63) is 77.0 Å². The summed E-state index contributed by atoms with van der Waals surface area (Å²) in [5, 5.41) is 5.38. The summed E-state index contributed by atoms with van der Waals surface area (Å²) in [6.07, 6.45) is 1.49. The van der Waals surface area contributed by atoms with Gasteiger partial charge in [-0.15, -0.1) is 11.8 Å². The molecule has 3 rings (SSSR count). The fraction of sp³-hybridized carbons (Fsp3) is 0.100. The number of amides is 1.